The highest BCUT2D eigenvalue weighted by Crippen LogP contribution is 2.16. The van der Waals surface area contributed by atoms with Crippen LogP contribution in [0.3, 0.4) is 0 Å². The highest BCUT2D eigenvalue weighted by atomic mass is 19.4. The van der Waals surface area contributed by atoms with Gasteiger partial charge in [-0.3, -0.25) is 9.64 Å². The summed E-state index contributed by atoms with van der Waals surface area (Å²) < 4.78 is 44.0. The number of nitrogens with two attached hydrogens (primary N) is 1. The second kappa shape index (κ2) is 5.64. The quantitative estimate of drug-likeness (QED) is 0.745. The molecule has 1 atom stereocenters. The summed E-state index contributed by atoms with van der Waals surface area (Å²) in [5.41, 5.74) is 5.47. The van der Waals surface area contributed by atoms with Gasteiger partial charge in [0.05, 0.1) is 19.8 Å². The molecule has 7 heteroatoms. The minimum absolute atomic E-state index is 0.00409. The summed E-state index contributed by atoms with van der Waals surface area (Å²) in [6.45, 7) is 1.85. The Bertz CT molecular complexity index is 189. The highest BCUT2D eigenvalue weighted by molar-refractivity contribution is 4.75. The molecule has 15 heavy (non-hydrogen) atoms. The van der Waals surface area contributed by atoms with Crippen molar-refractivity contribution in [1.82, 2.24) is 4.90 Å². The van der Waals surface area contributed by atoms with Gasteiger partial charge < -0.3 is 10.5 Å². The highest BCUT2D eigenvalue weighted by Gasteiger charge is 2.30. The molecule has 0 bridgehead atoms. The molecule has 1 heterocycles. The van der Waals surface area contributed by atoms with Crippen LogP contribution in [-0.2, 0) is 9.47 Å². The standard InChI is InChI=1S/C8H15F3N2O2/c9-8(10,11)15-4-2-13-1-3-14-6-7(13)5-12/h7H,1-6,12H2. The molecule has 2 N–H and O–H groups in total. The molecule has 0 aromatic rings. The zero-order chi connectivity index (χ0) is 11.3. The topological polar surface area (TPSA) is 47.7 Å². The van der Waals surface area contributed by atoms with Crippen LogP contribution in [0.1, 0.15) is 0 Å². The van der Waals surface area contributed by atoms with E-state index in [1.165, 1.54) is 0 Å². The molecule has 90 valence electrons. The van der Waals surface area contributed by atoms with Crippen molar-refractivity contribution in [1.29, 1.82) is 0 Å². The first-order valence-corrected chi connectivity index (χ1v) is 4.75. The first kappa shape index (κ1) is 12.7. The molecular formula is C8H15F3N2O2. The number of morpholine rings is 1. The van der Waals surface area contributed by atoms with Crippen LogP contribution in [-0.4, -0.2) is 56.8 Å². The molecule has 0 radical (unpaired) electrons. The molecule has 1 aliphatic rings. The Morgan fingerprint density at radius 1 is 1.47 bits per heavy atom. The molecule has 1 fully saturated rings. The van der Waals surface area contributed by atoms with Crippen LogP contribution in [0, 0.1) is 0 Å². The van der Waals surface area contributed by atoms with E-state index < -0.39 is 6.36 Å². The zero-order valence-corrected chi connectivity index (χ0v) is 8.29. The molecule has 0 aliphatic carbocycles. The number of nitrogens with zero attached hydrogens (tertiary/aromatic N) is 1. The summed E-state index contributed by atoms with van der Waals surface area (Å²) >= 11 is 0. The largest absolute Gasteiger partial charge is 0.522 e. The summed E-state index contributed by atoms with van der Waals surface area (Å²) in [6.07, 6.45) is -4.55. The average molecular weight is 228 g/mol. The number of ether oxygens (including phenoxy) is 2. The lowest BCUT2D eigenvalue weighted by Gasteiger charge is -2.34. The normalized spacial score (nSPS) is 24.4. The van der Waals surface area contributed by atoms with E-state index >= 15 is 0 Å². The van der Waals surface area contributed by atoms with Gasteiger partial charge in [-0.15, -0.1) is 13.2 Å². The van der Waals surface area contributed by atoms with Gasteiger partial charge in [0.2, 0.25) is 0 Å². The molecule has 0 spiro atoms. The lowest BCUT2D eigenvalue weighted by molar-refractivity contribution is -0.325. The molecule has 1 rings (SSSR count). The van der Waals surface area contributed by atoms with Crippen molar-refractivity contribution in [2.45, 2.75) is 12.4 Å². The van der Waals surface area contributed by atoms with E-state index in [-0.39, 0.29) is 19.2 Å². The Hall–Kier alpha value is -0.370. The van der Waals surface area contributed by atoms with Crippen LogP contribution in [0.5, 0.6) is 0 Å². The van der Waals surface area contributed by atoms with Crippen LogP contribution in [0.15, 0.2) is 0 Å². The van der Waals surface area contributed by atoms with Crippen molar-refractivity contribution in [2.75, 3.05) is 39.5 Å². The van der Waals surface area contributed by atoms with Crippen LogP contribution in [0.2, 0.25) is 0 Å². The zero-order valence-electron chi connectivity index (χ0n) is 8.29. The fourth-order valence-corrected chi connectivity index (χ4v) is 1.48. The lowest BCUT2D eigenvalue weighted by Crippen LogP contribution is -2.50. The molecule has 1 unspecified atom stereocenters. The van der Waals surface area contributed by atoms with Crippen LogP contribution in [0.25, 0.3) is 0 Å². The number of alkyl halides is 3. The number of hydrogen-bond donors (Lipinski definition) is 1. The summed E-state index contributed by atoms with van der Waals surface area (Å²) in [5, 5.41) is 0. The van der Waals surface area contributed by atoms with E-state index in [2.05, 4.69) is 4.74 Å². The minimum atomic E-state index is -4.55. The molecule has 1 aliphatic heterocycles. The summed E-state index contributed by atoms with van der Waals surface area (Å²) in [7, 11) is 0. The summed E-state index contributed by atoms with van der Waals surface area (Å²) in [4.78, 5) is 1.86. The van der Waals surface area contributed by atoms with Crippen molar-refractivity contribution < 1.29 is 22.6 Å². The maximum Gasteiger partial charge on any atom is 0.522 e. The molecule has 0 amide bonds. The average Bonchev–Trinajstić information content (AvgIpc) is 2.16. The van der Waals surface area contributed by atoms with E-state index in [0.29, 0.717) is 26.3 Å². The van der Waals surface area contributed by atoms with E-state index in [1.54, 1.807) is 0 Å². The molecule has 0 aromatic carbocycles. The predicted octanol–water partition coefficient (Wildman–Crippen LogP) is 0.182. The maximum absolute atomic E-state index is 11.7. The summed E-state index contributed by atoms with van der Waals surface area (Å²) in [5.74, 6) is 0. The first-order chi connectivity index (χ1) is 7.03. The molecule has 0 saturated carbocycles. The second-order valence-corrected chi connectivity index (χ2v) is 3.29. The predicted molar refractivity (Wildman–Crippen MR) is 47.2 cm³/mol. The lowest BCUT2D eigenvalue weighted by atomic mass is 10.2. The monoisotopic (exact) mass is 228 g/mol. The van der Waals surface area contributed by atoms with Crippen LogP contribution < -0.4 is 5.73 Å². The Kier molecular flexibility index (Phi) is 4.78. The number of rotatable bonds is 4. The van der Waals surface area contributed by atoms with Gasteiger partial charge in [0.1, 0.15) is 0 Å². The van der Waals surface area contributed by atoms with Gasteiger partial charge in [0.25, 0.3) is 0 Å². The van der Waals surface area contributed by atoms with Gasteiger partial charge in [-0.25, -0.2) is 0 Å². The fraction of sp³-hybridized carbons (Fsp3) is 1.00. The third-order valence-corrected chi connectivity index (χ3v) is 2.27. The van der Waals surface area contributed by atoms with Crippen molar-refractivity contribution in [3.8, 4) is 0 Å². The van der Waals surface area contributed by atoms with Crippen molar-refractivity contribution >= 4 is 0 Å². The first-order valence-electron chi connectivity index (χ1n) is 4.75. The molecule has 0 aromatic heterocycles. The van der Waals surface area contributed by atoms with Gasteiger partial charge in [0, 0.05) is 25.7 Å². The maximum atomic E-state index is 11.7. The van der Waals surface area contributed by atoms with E-state index in [4.69, 9.17) is 10.5 Å². The third kappa shape index (κ3) is 4.78. The van der Waals surface area contributed by atoms with E-state index in [9.17, 15) is 13.2 Å². The van der Waals surface area contributed by atoms with Crippen LogP contribution in [0.4, 0.5) is 13.2 Å². The van der Waals surface area contributed by atoms with Gasteiger partial charge in [-0.1, -0.05) is 0 Å². The van der Waals surface area contributed by atoms with E-state index in [0.717, 1.165) is 0 Å². The molecule has 1 saturated heterocycles. The van der Waals surface area contributed by atoms with Gasteiger partial charge >= 0.3 is 6.36 Å². The minimum Gasteiger partial charge on any atom is -0.378 e. The SMILES string of the molecule is NCC1COCCN1CCOC(F)(F)F. The third-order valence-electron chi connectivity index (χ3n) is 2.27. The Labute approximate surface area is 86.1 Å². The van der Waals surface area contributed by atoms with Crippen molar-refractivity contribution in [2.24, 2.45) is 5.73 Å². The van der Waals surface area contributed by atoms with Gasteiger partial charge in [-0.2, -0.15) is 0 Å². The second-order valence-electron chi connectivity index (χ2n) is 3.29. The summed E-state index contributed by atoms with van der Waals surface area (Å²) in [6, 6.07) is -0.00409. The van der Waals surface area contributed by atoms with Crippen molar-refractivity contribution in [3.05, 3.63) is 0 Å². The molecular weight excluding hydrogens is 213 g/mol. The smallest absolute Gasteiger partial charge is 0.378 e. The Morgan fingerprint density at radius 2 is 2.20 bits per heavy atom. The van der Waals surface area contributed by atoms with Crippen molar-refractivity contribution in [3.63, 3.8) is 0 Å². The van der Waals surface area contributed by atoms with Gasteiger partial charge in [-0.05, 0) is 0 Å². The Morgan fingerprint density at radius 3 is 2.80 bits per heavy atom. The molecule has 4 nitrogen and oxygen atoms in total. The fourth-order valence-electron chi connectivity index (χ4n) is 1.48. The van der Waals surface area contributed by atoms with E-state index in [1.807, 2.05) is 4.90 Å². The number of halogens is 3. The van der Waals surface area contributed by atoms with Gasteiger partial charge in [0.15, 0.2) is 0 Å². The van der Waals surface area contributed by atoms with Crippen LogP contribution >= 0.6 is 0 Å². The number of hydrogen-bond acceptors (Lipinski definition) is 4. The Balaban J connectivity index is 2.23.